The van der Waals surface area contributed by atoms with Crippen molar-refractivity contribution in [3.05, 3.63) is 89.6 Å². The zero-order chi connectivity index (χ0) is 24.7. The molecule has 1 aliphatic heterocycles. The van der Waals surface area contributed by atoms with Crippen LogP contribution in [0.15, 0.2) is 78.5 Å². The van der Waals surface area contributed by atoms with Gasteiger partial charge in [0.2, 0.25) is 0 Å². The van der Waals surface area contributed by atoms with Gasteiger partial charge in [-0.3, -0.25) is 14.2 Å². The number of benzene rings is 2. The number of carbonyl (C=O) groups is 1. The largest absolute Gasteiger partial charge is 0.497 e. The summed E-state index contributed by atoms with van der Waals surface area (Å²) in [4.78, 5) is 38.5. The van der Waals surface area contributed by atoms with Crippen molar-refractivity contribution in [2.45, 2.75) is 6.92 Å². The van der Waals surface area contributed by atoms with Crippen LogP contribution in [0, 0.1) is 6.92 Å². The van der Waals surface area contributed by atoms with E-state index in [9.17, 15) is 9.59 Å². The summed E-state index contributed by atoms with van der Waals surface area (Å²) in [7, 11) is 1.56. The van der Waals surface area contributed by atoms with Crippen LogP contribution in [0.4, 0.5) is 17.1 Å². The minimum absolute atomic E-state index is 0.182. The van der Waals surface area contributed by atoms with Gasteiger partial charge in [0.25, 0.3) is 11.5 Å². The van der Waals surface area contributed by atoms with Gasteiger partial charge in [-0.15, -0.1) is 0 Å². The Kier molecular flexibility index (Phi) is 5.03. The molecule has 0 unspecified atom stereocenters. The zero-order valence-electron chi connectivity index (χ0n) is 19.9. The van der Waals surface area contributed by atoms with Crippen LogP contribution in [0.2, 0.25) is 0 Å². The van der Waals surface area contributed by atoms with Crippen LogP contribution in [-0.4, -0.2) is 40.6 Å². The summed E-state index contributed by atoms with van der Waals surface area (Å²) in [6.07, 6.45) is 2.66. The first-order chi connectivity index (χ1) is 16.9. The number of pyridine rings is 1. The number of amides is 1. The number of para-hydroxylation sites is 1. The molecule has 0 atom stereocenters. The monoisotopic (exact) mass is 454 g/mol. The number of aromatic nitrogens is 3. The number of anilines is 3. The topological polar surface area (TPSA) is 80.6 Å². The van der Waals surface area contributed by atoms with Crippen molar-refractivity contribution in [2.75, 3.05) is 30.0 Å². The summed E-state index contributed by atoms with van der Waals surface area (Å²) in [5.41, 5.74) is 3.41. The van der Waals surface area contributed by atoms with Crippen LogP contribution in [0.5, 0.6) is 5.75 Å². The highest BCUT2D eigenvalue weighted by Gasteiger charge is 2.30. The summed E-state index contributed by atoms with van der Waals surface area (Å²) in [5, 5.41) is 0.609. The molecule has 0 aliphatic carbocycles. The molecule has 0 spiro atoms. The van der Waals surface area contributed by atoms with Crippen molar-refractivity contribution < 1.29 is 10.9 Å². The number of aryl methyl sites for hydroxylation is 1. The lowest BCUT2D eigenvalue weighted by atomic mass is 10.1. The van der Waals surface area contributed by atoms with Crippen LogP contribution in [0.25, 0.3) is 16.7 Å². The van der Waals surface area contributed by atoms with Crippen molar-refractivity contribution in [3.63, 3.8) is 0 Å². The number of carbonyl (C=O) groups excluding carboxylic acids is 1. The number of nitrogens with zero attached hydrogens (tertiary/aromatic N) is 5. The third-order valence-corrected chi connectivity index (χ3v) is 5.97. The van der Waals surface area contributed by atoms with Crippen molar-refractivity contribution in [1.29, 1.82) is 0 Å². The van der Waals surface area contributed by atoms with Gasteiger partial charge in [0, 0.05) is 30.7 Å². The minimum atomic E-state index is -0.306. The number of hydrogen-bond donors (Lipinski definition) is 0. The van der Waals surface area contributed by atoms with E-state index >= 15 is 0 Å². The normalized spacial score (nSPS) is 13.4. The average Bonchev–Trinajstić information content (AvgIpc) is 2.87. The summed E-state index contributed by atoms with van der Waals surface area (Å²) in [6, 6.07) is 14.6. The van der Waals surface area contributed by atoms with Crippen LogP contribution < -0.4 is 20.1 Å². The summed E-state index contributed by atoms with van der Waals surface area (Å²) in [5.74, 6) is 0.398. The molecule has 2 aromatic carbocycles. The fourth-order valence-corrected chi connectivity index (χ4v) is 4.41. The molecular formula is C26H23N5O3. The SMILES string of the molecule is [2H]c1ncc2cc(N3CCN(C(=O)C=C)c4c(C)cccc43)c(=O)n(-c3cccc(OC)c3)c2n1. The van der Waals surface area contributed by atoms with Gasteiger partial charge in [-0.2, -0.15) is 0 Å². The number of ether oxygens (including phenoxy) is 1. The van der Waals surface area contributed by atoms with E-state index in [1.807, 2.05) is 30.0 Å². The Hall–Kier alpha value is -4.46. The lowest BCUT2D eigenvalue weighted by molar-refractivity contribution is -0.114. The zero-order valence-corrected chi connectivity index (χ0v) is 18.9. The Balaban J connectivity index is 1.78. The van der Waals surface area contributed by atoms with Crippen LogP contribution in [-0.2, 0) is 4.79 Å². The molecule has 1 aliphatic rings. The van der Waals surface area contributed by atoms with Crippen LogP contribution in [0.1, 0.15) is 6.93 Å². The molecule has 3 heterocycles. The van der Waals surface area contributed by atoms with Crippen molar-refractivity contribution in [1.82, 2.24) is 14.5 Å². The molecule has 1 amide bonds. The maximum atomic E-state index is 14.0. The predicted octanol–water partition coefficient (Wildman–Crippen LogP) is 3.77. The van der Waals surface area contributed by atoms with Crippen molar-refractivity contribution >= 4 is 34.0 Å². The lowest BCUT2D eigenvalue weighted by Gasteiger charge is -2.38. The van der Waals surface area contributed by atoms with Crippen LogP contribution >= 0.6 is 0 Å². The molecule has 170 valence electrons. The number of methoxy groups -OCH3 is 1. The Labute approximate surface area is 197 Å². The van der Waals surface area contributed by atoms with E-state index in [0.717, 1.165) is 16.9 Å². The molecule has 0 N–H and O–H groups in total. The fourth-order valence-electron chi connectivity index (χ4n) is 4.41. The predicted molar refractivity (Wildman–Crippen MR) is 132 cm³/mol. The van der Waals surface area contributed by atoms with Gasteiger partial charge < -0.3 is 14.5 Å². The van der Waals surface area contributed by atoms with Crippen molar-refractivity contribution in [2.24, 2.45) is 0 Å². The molecular weight excluding hydrogens is 430 g/mol. The molecule has 0 bridgehead atoms. The average molecular weight is 455 g/mol. The molecule has 0 radical (unpaired) electrons. The smallest absolute Gasteiger partial charge is 0.280 e. The van der Waals surface area contributed by atoms with E-state index in [1.54, 1.807) is 48.5 Å². The van der Waals surface area contributed by atoms with Gasteiger partial charge >= 0.3 is 0 Å². The second-order valence-corrected chi connectivity index (χ2v) is 7.91. The minimum Gasteiger partial charge on any atom is -0.497 e. The quantitative estimate of drug-likeness (QED) is 0.437. The van der Waals surface area contributed by atoms with E-state index in [1.165, 1.54) is 10.6 Å². The number of hydrogen-bond acceptors (Lipinski definition) is 6. The standard InChI is InChI=1S/C26H23N5O3/c1-4-23(32)30-12-11-29(21-10-5-7-17(2)24(21)30)22-13-18-15-27-16-28-25(18)31(26(22)33)19-8-6-9-20(14-19)34-3/h4-10,13-16H,1,11-12H2,2-3H3/i16D. The van der Waals surface area contributed by atoms with Gasteiger partial charge in [0.1, 0.15) is 19.1 Å². The lowest BCUT2D eigenvalue weighted by Crippen LogP contribution is -2.43. The first-order valence-electron chi connectivity index (χ1n) is 11.3. The first-order valence-corrected chi connectivity index (χ1v) is 10.8. The summed E-state index contributed by atoms with van der Waals surface area (Å²) >= 11 is 0. The Morgan fingerprint density at radius 2 is 2.00 bits per heavy atom. The molecule has 0 saturated heterocycles. The molecule has 5 rings (SSSR count). The van der Waals surface area contributed by atoms with E-state index < -0.39 is 0 Å². The Bertz CT molecular complexity index is 1550. The second-order valence-electron chi connectivity index (χ2n) is 7.91. The van der Waals surface area contributed by atoms with E-state index in [4.69, 9.17) is 6.11 Å². The Morgan fingerprint density at radius 3 is 2.79 bits per heavy atom. The van der Waals surface area contributed by atoms with Gasteiger partial charge in [0.15, 0.2) is 5.65 Å². The highest BCUT2D eigenvalue weighted by Crippen LogP contribution is 2.39. The highest BCUT2D eigenvalue weighted by molar-refractivity contribution is 6.05. The van der Waals surface area contributed by atoms with Gasteiger partial charge in [0.05, 0.1) is 24.2 Å². The fraction of sp³-hybridized carbons (Fsp3) is 0.154. The van der Waals surface area contributed by atoms with Gasteiger partial charge in [-0.05, 0) is 42.8 Å². The van der Waals surface area contributed by atoms with E-state index in [2.05, 4.69) is 16.5 Å². The Morgan fingerprint density at radius 1 is 1.18 bits per heavy atom. The van der Waals surface area contributed by atoms with Gasteiger partial charge in [-0.25, -0.2) is 9.97 Å². The summed E-state index contributed by atoms with van der Waals surface area (Å²) < 4.78 is 14.8. The summed E-state index contributed by atoms with van der Waals surface area (Å²) in [6.45, 7) is 6.37. The molecule has 34 heavy (non-hydrogen) atoms. The number of fused-ring (bicyclic) bond motifs is 2. The maximum Gasteiger partial charge on any atom is 0.280 e. The number of rotatable bonds is 4. The highest BCUT2D eigenvalue weighted by atomic mass is 16.5. The molecule has 0 fully saturated rings. The maximum absolute atomic E-state index is 14.0. The van der Waals surface area contributed by atoms with E-state index in [0.29, 0.717) is 41.2 Å². The third-order valence-electron chi connectivity index (χ3n) is 5.97. The molecule has 8 heteroatoms. The van der Waals surface area contributed by atoms with Gasteiger partial charge in [-0.1, -0.05) is 24.8 Å². The van der Waals surface area contributed by atoms with Crippen LogP contribution in [0.3, 0.4) is 0 Å². The molecule has 0 saturated carbocycles. The van der Waals surface area contributed by atoms with Crippen molar-refractivity contribution in [3.8, 4) is 11.4 Å². The first kappa shape index (κ1) is 20.2. The second kappa shape index (κ2) is 8.47. The molecule has 2 aromatic heterocycles. The molecule has 4 aromatic rings. The molecule has 8 nitrogen and oxygen atoms in total. The third kappa shape index (κ3) is 3.40. The van der Waals surface area contributed by atoms with E-state index in [-0.39, 0.29) is 17.8 Å².